The highest BCUT2D eigenvalue weighted by Gasteiger charge is 2.32. The summed E-state index contributed by atoms with van der Waals surface area (Å²) in [6, 6.07) is -0.194. The Bertz CT molecular complexity index is 505. The molecule has 1 aromatic rings. The molecular formula is C12H12ClF4NO2. The predicted molar refractivity (Wildman–Crippen MR) is 64.7 cm³/mol. The lowest BCUT2D eigenvalue weighted by Crippen LogP contribution is -2.34. The summed E-state index contributed by atoms with van der Waals surface area (Å²) in [7, 11) is 0. The van der Waals surface area contributed by atoms with Crippen molar-refractivity contribution in [3.05, 3.63) is 34.1 Å². The fraction of sp³-hybridized carbons (Fsp3) is 0.417. The molecule has 112 valence electrons. The van der Waals surface area contributed by atoms with Crippen molar-refractivity contribution < 1.29 is 27.1 Å². The van der Waals surface area contributed by atoms with E-state index in [0.29, 0.717) is 12.1 Å². The van der Waals surface area contributed by atoms with Crippen molar-refractivity contribution in [3.8, 4) is 0 Å². The van der Waals surface area contributed by atoms with E-state index >= 15 is 0 Å². The molecule has 1 unspecified atom stereocenters. The maximum atomic E-state index is 13.7. The molecule has 0 aromatic heterocycles. The number of alkyl halides is 3. The molecule has 0 aliphatic heterocycles. The number of esters is 1. The van der Waals surface area contributed by atoms with Gasteiger partial charge < -0.3 is 10.5 Å². The number of rotatable bonds is 4. The zero-order valence-electron chi connectivity index (χ0n) is 10.4. The zero-order valence-corrected chi connectivity index (χ0v) is 11.2. The van der Waals surface area contributed by atoms with E-state index in [1.54, 1.807) is 6.92 Å². The van der Waals surface area contributed by atoms with Crippen molar-refractivity contribution >= 4 is 17.6 Å². The van der Waals surface area contributed by atoms with Gasteiger partial charge in [0.05, 0.1) is 17.2 Å². The minimum atomic E-state index is -4.67. The Morgan fingerprint density at radius 3 is 2.55 bits per heavy atom. The monoisotopic (exact) mass is 313 g/mol. The summed E-state index contributed by atoms with van der Waals surface area (Å²) in [6.07, 6.45) is -5.10. The van der Waals surface area contributed by atoms with E-state index in [1.807, 2.05) is 0 Å². The molecule has 0 aliphatic carbocycles. The van der Waals surface area contributed by atoms with E-state index in [1.165, 1.54) is 0 Å². The summed E-state index contributed by atoms with van der Waals surface area (Å²) in [4.78, 5) is 11.3. The molecule has 3 nitrogen and oxygen atoms in total. The van der Waals surface area contributed by atoms with Crippen LogP contribution in [0.15, 0.2) is 12.1 Å². The SMILES string of the molecule is CCOC(=O)C(N)Cc1cc(C(F)(F)F)cc(Cl)c1F. The lowest BCUT2D eigenvalue weighted by Gasteiger charge is -2.14. The van der Waals surface area contributed by atoms with Gasteiger partial charge in [0.25, 0.3) is 0 Å². The molecule has 20 heavy (non-hydrogen) atoms. The highest BCUT2D eigenvalue weighted by atomic mass is 35.5. The third-order valence-electron chi connectivity index (χ3n) is 2.46. The van der Waals surface area contributed by atoms with Crippen LogP contribution < -0.4 is 5.73 Å². The molecule has 0 aliphatic rings. The van der Waals surface area contributed by atoms with Gasteiger partial charge in [0.15, 0.2) is 0 Å². The Morgan fingerprint density at radius 2 is 2.05 bits per heavy atom. The minimum absolute atomic E-state index is 0.0678. The van der Waals surface area contributed by atoms with Gasteiger partial charge in [-0.1, -0.05) is 11.6 Å². The second-order valence-electron chi connectivity index (χ2n) is 3.99. The summed E-state index contributed by atoms with van der Waals surface area (Å²) in [5.41, 5.74) is 3.96. The largest absolute Gasteiger partial charge is 0.465 e. The molecule has 2 N–H and O–H groups in total. The van der Waals surface area contributed by atoms with Gasteiger partial charge in [-0.3, -0.25) is 4.79 Å². The molecule has 0 radical (unpaired) electrons. The Balaban J connectivity index is 3.06. The van der Waals surface area contributed by atoms with Crippen LogP contribution in [0, 0.1) is 5.82 Å². The van der Waals surface area contributed by atoms with Crippen LogP contribution >= 0.6 is 11.6 Å². The van der Waals surface area contributed by atoms with Crippen LogP contribution in [0.2, 0.25) is 5.02 Å². The number of hydrogen-bond donors (Lipinski definition) is 1. The molecule has 0 saturated heterocycles. The molecule has 0 bridgehead atoms. The van der Waals surface area contributed by atoms with E-state index in [9.17, 15) is 22.4 Å². The highest BCUT2D eigenvalue weighted by Crippen LogP contribution is 2.33. The van der Waals surface area contributed by atoms with Gasteiger partial charge in [-0.25, -0.2) is 4.39 Å². The van der Waals surface area contributed by atoms with Gasteiger partial charge in [-0.15, -0.1) is 0 Å². The van der Waals surface area contributed by atoms with Crippen molar-refractivity contribution in [1.82, 2.24) is 0 Å². The lowest BCUT2D eigenvalue weighted by atomic mass is 10.0. The molecule has 0 fully saturated rings. The standard InChI is InChI=1S/C12H12ClF4NO2/c1-2-20-11(19)9(18)4-6-3-7(12(15,16)17)5-8(13)10(6)14/h3,5,9H,2,4,18H2,1H3. The highest BCUT2D eigenvalue weighted by molar-refractivity contribution is 6.30. The van der Waals surface area contributed by atoms with E-state index in [4.69, 9.17) is 17.3 Å². The molecule has 1 atom stereocenters. The Hall–Kier alpha value is -1.34. The first-order valence-corrected chi connectivity index (χ1v) is 6.02. The topological polar surface area (TPSA) is 52.3 Å². The molecule has 0 saturated carbocycles. The summed E-state index contributed by atoms with van der Waals surface area (Å²) in [6.45, 7) is 1.62. The van der Waals surface area contributed by atoms with E-state index in [0.717, 1.165) is 0 Å². The second kappa shape index (κ2) is 6.41. The van der Waals surface area contributed by atoms with Crippen molar-refractivity contribution in [2.24, 2.45) is 5.73 Å². The molecule has 1 rings (SSSR count). The third kappa shape index (κ3) is 4.08. The van der Waals surface area contributed by atoms with Crippen molar-refractivity contribution in [2.45, 2.75) is 25.6 Å². The average molecular weight is 314 g/mol. The van der Waals surface area contributed by atoms with Crippen LogP contribution in [0.3, 0.4) is 0 Å². The first-order chi connectivity index (χ1) is 9.16. The lowest BCUT2D eigenvalue weighted by molar-refractivity contribution is -0.144. The van der Waals surface area contributed by atoms with Crippen molar-refractivity contribution in [1.29, 1.82) is 0 Å². The van der Waals surface area contributed by atoms with Gasteiger partial charge >= 0.3 is 12.1 Å². The zero-order chi connectivity index (χ0) is 15.5. The third-order valence-corrected chi connectivity index (χ3v) is 2.74. The van der Waals surface area contributed by atoms with Crippen LogP contribution in [0.25, 0.3) is 0 Å². The smallest absolute Gasteiger partial charge is 0.416 e. The van der Waals surface area contributed by atoms with Gasteiger partial charge in [0, 0.05) is 6.42 Å². The van der Waals surface area contributed by atoms with Crippen LogP contribution in [0.1, 0.15) is 18.1 Å². The van der Waals surface area contributed by atoms with Crippen LogP contribution in [0.5, 0.6) is 0 Å². The number of carbonyl (C=O) groups excluding carboxylic acids is 1. The average Bonchev–Trinajstić information content (AvgIpc) is 2.33. The van der Waals surface area contributed by atoms with Crippen molar-refractivity contribution in [2.75, 3.05) is 6.61 Å². The van der Waals surface area contributed by atoms with Crippen LogP contribution in [-0.4, -0.2) is 18.6 Å². The summed E-state index contributed by atoms with van der Waals surface area (Å²) in [5.74, 6) is -1.85. The quantitative estimate of drug-likeness (QED) is 0.687. The number of hydrogen-bond acceptors (Lipinski definition) is 3. The van der Waals surface area contributed by atoms with E-state index in [2.05, 4.69) is 4.74 Å². The summed E-state index contributed by atoms with van der Waals surface area (Å²) in [5, 5.41) is -0.675. The Kier molecular flexibility index (Phi) is 5.35. The minimum Gasteiger partial charge on any atom is -0.465 e. The first kappa shape index (κ1) is 16.7. The number of carbonyl (C=O) groups is 1. The Labute approximate surface area is 117 Å². The van der Waals surface area contributed by atoms with E-state index < -0.39 is 41.0 Å². The van der Waals surface area contributed by atoms with Gasteiger partial charge in [-0.05, 0) is 24.6 Å². The molecule has 1 aromatic carbocycles. The summed E-state index contributed by atoms with van der Waals surface area (Å²) >= 11 is 5.42. The molecule has 0 spiro atoms. The normalized spacial score (nSPS) is 13.2. The summed E-state index contributed by atoms with van der Waals surface area (Å²) < 4.78 is 56.1. The number of nitrogens with two attached hydrogens (primary N) is 1. The number of ether oxygens (including phenoxy) is 1. The van der Waals surface area contributed by atoms with Crippen LogP contribution in [-0.2, 0) is 22.1 Å². The second-order valence-corrected chi connectivity index (χ2v) is 4.40. The molecule has 8 heteroatoms. The molecule has 0 heterocycles. The van der Waals surface area contributed by atoms with Crippen LogP contribution in [0.4, 0.5) is 17.6 Å². The number of halogens is 5. The maximum Gasteiger partial charge on any atom is 0.416 e. The van der Waals surface area contributed by atoms with E-state index in [-0.39, 0.29) is 12.2 Å². The number of benzene rings is 1. The fourth-order valence-corrected chi connectivity index (χ4v) is 1.77. The van der Waals surface area contributed by atoms with Gasteiger partial charge in [0.1, 0.15) is 11.9 Å². The predicted octanol–water partition coefficient (Wildman–Crippen LogP) is 2.93. The molecular weight excluding hydrogens is 302 g/mol. The molecule has 0 amide bonds. The van der Waals surface area contributed by atoms with Gasteiger partial charge in [0.2, 0.25) is 0 Å². The maximum absolute atomic E-state index is 13.7. The van der Waals surface area contributed by atoms with Crippen molar-refractivity contribution in [3.63, 3.8) is 0 Å². The Morgan fingerprint density at radius 1 is 1.45 bits per heavy atom. The first-order valence-electron chi connectivity index (χ1n) is 5.64. The fourth-order valence-electron chi connectivity index (χ4n) is 1.53. The van der Waals surface area contributed by atoms with Gasteiger partial charge in [-0.2, -0.15) is 13.2 Å².